The van der Waals surface area contributed by atoms with Crippen molar-refractivity contribution in [2.75, 3.05) is 13.2 Å². The Labute approximate surface area is 131 Å². The number of ether oxygens (including phenoxy) is 1. The molecule has 1 aromatic carbocycles. The van der Waals surface area contributed by atoms with Gasteiger partial charge in [-0.2, -0.15) is 0 Å². The van der Waals surface area contributed by atoms with Gasteiger partial charge >= 0.3 is 0 Å². The summed E-state index contributed by atoms with van der Waals surface area (Å²) in [6, 6.07) is 9.78. The van der Waals surface area contributed by atoms with E-state index in [9.17, 15) is 9.59 Å². The normalized spacial score (nSPS) is 14.5. The number of benzene rings is 1. The molecule has 5 nitrogen and oxygen atoms in total. The molecule has 0 heterocycles. The summed E-state index contributed by atoms with van der Waals surface area (Å²) in [6.45, 7) is 0.863. The van der Waals surface area contributed by atoms with Crippen LogP contribution >= 0.6 is 0 Å². The highest BCUT2D eigenvalue weighted by Crippen LogP contribution is 2.17. The van der Waals surface area contributed by atoms with Crippen LogP contribution in [0.1, 0.15) is 38.5 Å². The summed E-state index contributed by atoms with van der Waals surface area (Å²) < 4.78 is 5.48. The number of nitrogens with one attached hydrogen (secondary N) is 2. The van der Waals surface area contributed by atoms with Gasteiger partial charge in [0.1, 0.15) is 12.4 Å². The molecule has 0 aromatic heterocycles. The van der Waals surface area contributed by atoms with E-state index in [2.05, 4.69) is 10.6 Å². The zero-order valence-electron chi connectivity index (χ0n) is 12.8. The van der Waals surface area contributed by atoms with Crippen LogP contribution in [-0.2, 0) is 9.59 Å². The van der Waals surface area contributed by atoms with Crippen molar-refractivity contribution in [1.29, 1.82) is 0 Å². The highest BCUT2D eigenvalue weighted by atomic mass is 16.5. The number of hydrogen-bond acceptors (Lipinski definition) is 3. The van der Waals surface area contributed by atoms with E-state index in [1.807, 2.05) is 30.3 Å². The fraction of sp³-hybridized carbons (Fsp3) is 0.529. The first kappa shape index (κ1) is 16.3. The lowest BCUT2D eigenvalue weighted by Crippen LogP contribution is -2.34. The van der Waals surface area contributed by atoms with E-state index in [0.29, 0.717) is 19.2 Å². The third-order valence-corrected chi connectivity index (χ3v) is 3.74. The molecule has 1 aromatic rings. The lowest BCUT2D eigenvalue weighted by atomic mass is 10.2. The van der Waals surface area contributed by atoms with E-state index >= 15 is 0 Å². The lowest BCUT2D eigenvalue weighted by molar-refractivity contribution is -0.126. The predicted molar refractivity (Wildman–Crippen MR) is 84.6 cm³/mol. The summed E-state index contributed by atoms with van der Waals surface area (Å²) in [7, 11) is 0. The standard InChI is InChI=1S/C17H24N2O3/c20-16(10-11-17(21)19-14-6-4-5-7-14)18-12-13-22-15-8-2-1-3-9-15/h1-3,8-9,14H,4-7,10-13H2,(H,18,20)(H,19,21). The zero-order valence-corrected chi connectivity index (χ0v) is 12.8. The Balaban J connectivity index is 1.51. The van der Waals surface area contributed by atoms with Crippen molar-refractivity contribution in [1.82, 2.24) is 10.6 Å². The number of carbonyl (C=O) groups excluding carboxylic acids is 2. The van der Waals surface area contributed by atoms with E-state index in [4.69, 9.17) is 4.74 Å². The smallest absolute Gasteiger partial charge is 0.220 e. The van der Waals surface area contributed by atoms with Crippen LogP contribution < -0.4 is 15.4 Å². The van der Waals surface area contributed by atoms with Crippen LogP contribution in [0.15, 0.2) is 30.3 Å². The summed E-state index contributed by atoms with van der Waals surface area (Å²) in [5.41, 5.74) is 0. The van der Waals surface area contributed by atoms with Gasteiger partial charge in [0, 0.05) is 18.9 Å². The minimum Gasteiger partial charge on any atom is -0.492 e. The van der Waals surface area contributed by atoms with Gasteiger partial charge in [-0.25, -0.2) is 0 Å². The molecular weight excluding hydrogens is 280 g/mol. The van der Waals surface area contributed by atoms with Crippen molar-refractivity contribution < 1.29 is 14.3 Å². The summed E-state index contributed by atoms with van der Waals surface area (Å²) in [5.74, 6) is 0.647. The second-order valence-corrected chi connectivity index (χ2v) is 5.56. The molecule has 0 saturated heterocycles. The van der Waals surface area contributed by atoms with Crippen LogP contribution in [0, 0.1) is 0 Å². The summed E-state index contributed by atoms with van der Waals surface area (Å²) in [5, 5.41) is 5.74. The highest BCUT2D eigenvalue weighted by molar-refractivity contribution is 5.83. The topological polar surface area (TPSA) is 67.4 Å². The van der Waals surface area contributed by atoms with Crippen LogP contribution in [-0.4, -0.2) is 31.0 Å². The molecule has 1 saturated carbocycles. The average molecular weight is 304 g/mol. The van der Waals surface area contributed by atoms with E-state index < -0.39 is 0 Å². The monoisotopic (exact) mass is 304 g/mol. The molecule has 22 heavy (non-hydrogen) atoms. The van der Waals surface area contributed by atoms with Gasteiger partial charge in [-0.1, -0.05) is 31.0 Å². The Hall–Kier alpha value is -2.04. The third-order valence-electron chi connectivity index (χ3n) is 3.74. The molecule has 0 atom stereocenters. The molecule has 2 amide bonds. The molecule has 2 rings (SSSR count). The molecule has 0 radical (unpaired) electrons. The SMILES string of the molecule is O=C(CCC(=O)NC1CCCC1)NCCOc1ccccc1. The Morgan fingerprint density at radius 2 is 1.73 bits per heavy atom. The van der Waals surface area contributed by atoms with Crippen molar-refractivity contribution in [3.05, 3.63) is 30.3 Å². The van der Waals surface area contributed by atoms with Crippen molar-refractivity contribution in [2.24, 2.45) is 0 Å². The molecule has 0 aliphatic heterocycles. The molecule has 1 fully saturated rings. The van der Waals surface area contributed by atoms with Gasteiger partial charge in [-0.15, -0.1) is 0 Å². The zero-order chi connectivity index (χ0) is 15.6. The second kappa shape index (κ2) is 9.07. The van der Waals surface area contributed by atoms with Crippen LogP contribution in [0.2, 0.25) is 0 Å². The van der Waals surface area contributed by atoms with Gasteiger partial charge in [0.25, 0.3) is 0 Å². The Kier molecular flexibility index (Phi) is 6.74. The maximum Gasteiger partial charge on any atom is 0.220 e. The summed E-state index contributed by atoms with van der Waals surface area (Å²) >= 11 is 0. The van der Waals surface area contributed by atoms with Crippen molar-refractivity contribution >= 4 is 11.8 Å². The van der Waals surface area contributed by atoms with E-state index in [0.717, 1.165) is 18.6 Å². The molecule has 120 valence electrons. The molecule has 1 aliphatic carbocycles. The van der Waals surface area contributed by atoms with Crippen LogP contribution in [0.3, 0.4) is 0 Å². The molecule has 0 unspecified atom stereocenters. The largest absolute Gasteiger partial charge is 0.492 e. The Morgan fingerprint density at radius 1 is 1.05 bits per heavy atom. The van der Waals surface area contributed by atoms with Gasteiger partial charge < -0.3 is 15.4 Å². The minimum atomic E-state index is -0.113. The maximum absolute atomic E-state index is 11.7. The number of hydrogen-bond donors (Lipinski definition) is 2. The highest BCUT2D eigenvalue weighted by Gasteiger charge is 2.17. The van der Waals surface area contributed by atoms with Gasteiger partial charge in [0.15, 0.2) is 0 Å². The minimum absolute atomic E-state index is 0.0254. The fourth-order valence-electron chi connectivity index (χ4n) is 2.56. The number of para-hydroxylation sites is 1. The Bertz CT molecular complexity index is 470. The number of rotatable bonds is 8. The van der Waals surface area contributed by atoms with Crippen LogP contribution in [0.5, 0.6) is 5.75 Å². The average Bonchev–Trinajstić information content (AvgIpc) is 3.03. The first-order valence-electron chi connectivity index (χ1n) is 7.98. The fourth-order valence-corrected chi connectivity index (χ4v) is 2.56. The van der Waals surface area contributed by atoms with E-state index in [1.165, 1.54) is 12.8 Å². The van der Waals surface area contributed by atoms with Gasteiger partial charge in [-0.05, 0) is 25.0 Å². The molecule has 5 heteroatoms. The molecule has 0 spiro atoms. The molecule has 0 bridgehead atoms. The van der Waals surface area contributed by atoms with Crippen LogP contribution in [0.25, 0.3) is 0 Å². The van der Waals surface area contributed by atoms with E-state index in [-0.39, 0.29) is 24.7 Å². The lowest BCUT2D eigenvalue weighted by Gasteiger charge is -2.11. The maximum atomic E-state index is 11.7. The Morgan fingerprint density at radius 3 is 2.45 bits per heavy atom. The van der Waals surface area contributed by atoms with E-state index in [1.54, 1.807) is 0 Å². The summed E-state index contributed by atoms with van der Waals surface area (Å²) in [4.78, 5) is 23.4. The first-order chi connectivity index (χ1) is 10.7. The quantitative estimate of drug-likeness (QED) is 0.722. The molecule has 1 aliphatic rings. The van der Waals surface area contributed by atoms with Gasteiger partial charge in [-0.3, -0.25) is 9.59 Å². The number of carbonyl (C=O) groups is 2. The van der Waals surface area contributed by atoms with Gasteiger partial charge in [0.05, 0.1) is 6.54 Å². The predicted octanol–water partition coefficient (Wildman–Crippen LogP) is 2.02. The first-order valence-corrected chi connectivity index (χ1v) is 7.98. The number of amides is 2. The molecule has 2 N–H and O–H groups in total. The van der Waals surface area contributed by atoms with Crippen molar-refractivity contribution in [3.63, 3.8) is 0 Å². The third kappa shape index (κ3) is 6.16. The summed E-state index contributed by atoms with van der Waals surface area (Å²) in [6.07, 6.45) is 4.98. The van der Waals surface area contributed by atoms with Crippen molar-refractivity contribution in [2.45, 2.75) is 44.6 Å². The van der Waals surface area contributed by atoms with Gasteiger partial charge in [0.2, 0.25) is 11.8 Å². The molecular formula is C17H24N2O3. The second-order valence-electron chi connectivity index (χ2n) is 5.56. The van der Waals surface area contributed by atoms with Crippen LogP contribution in [0.4, 0.5) is 0 Å². The van der Waals surface area contributed by atoms with Crippen molar-refractivity contribution in [3.8, 4) is 5.75 Å².